The van der Waals surface area contributed by atoms with E-state index in [4.69, 9.17) is 4.98 Å². The molecule has 150 valence electrons. The predicted octanol–water partition coefficient (Wildman–Crippen LogP) is 4.69. The molecule has 1 saturated heterocycles. The van der Waals surface area contributed by atoms with Crippen LogP contribution in [0.15, 0.2) is 54.6 Å². The highest BCUT2D eigenvalue weighted by atomic mass is 19.1. The highest BCUT2D eigenvalue weighted by molar-refractivity contribution is 5.91. The van der Waals surface area contributed by atoms with E-state index in [-0.39, 0.29) is 5.82 Å². The molecule has 4 aromatic rings. The van der Waals surface area contributed by atoms with Gasteiger partial charge < -0.3 is 14.8 Å². The molecule has 1 aliphatic heterocycles. The average molecular weight is 398 g/mol. The molecule has 1 fully saturated rings. The highest BCUT2D eigenvalue weighted by Crippen LogP contribution is 2.42. The average Bonchev–Trinajstić information content (AvgIpc) is 3.34. The molecule has 2 heterocycles. The van der Waals surface area contributed by atoms with Crippen LogP contribution in [0.5, 0.6) is 0 Å². The molecule has 0 amide bonds. The zero-order chi connectivity index (χ0) is 20.2. The van der Waals surface area contributed by atoms with Gasteiger partial charge in [-0.15, -0.1) is 0 Å². The Morgan fingerprint density at radius 1 is 0.900 bits per heavy atom. The van der Waals surface area contributed by atoms with Gasteiger partial charge in [-0.25, -0.2) is 9.37 Å². The second-order valence-electron chi connectivity index (χ2n) is 8.37. The van der Waals surface area contributed by atoms with Crippen molar-refractivity contribution < 1.29 is 4.39 Å². The van der Waals surface area contributed by atoms with Gasteiger partial charge in [0.15, 0.2) is 0 Å². The van der Waals surface area contributed by atoms with Gasteiger partial charge in [0.2, 0.25) is 0 Å². The lowest BCUT2D eigenvalue weighted by Gasteiger charge is -2.34. The quantitative estimate of drug-likeness (QED) is 0.468. The van der Waals surface area contributed by atoms with Crippen LogP contribution >= 0.6 is 0 Å². The lowest BCUT2D eigenvalue weighted by molar-refractivity contribution is 0.312. The SMILES string of the molecule is CN1CCN(c2cc3nc(-c4cccc5c4-c4ccccc4C5)[nH]c3cc2F)CC1. The number of likely N-dealkylation sites (N-methyl/N-ethyl adjacent to an activating group) is 1. The predicted molar refractivity (Wildman–Crippen MR) is 119 cm³/mol. The lowest BCUT2D eigenvalue weighted by Crippen LogP contribution is -2.44. The van der Waals surface area contributed by atoms with E-state index in [1.165, 1.54) is 22.3 Å². The number of H-pyrrole nitrogens is 1. The van der Waals surface area contributed by atoms with Crippen molar-refractivity contribution in [2.75, 3.05) is 38.1 Å². The van der Waals surface area contributed by atoms with Crippen molar-refractivity contribution in [3.8, 4) is 22.5 Å². The van der Waals surface area contributed by atoms with Crippen LogP contribution in [0.2, 0.25) is 0 Å². The van der Waals surface area contributed by atoms with Gasteiger partial charge in [0.25, 0.3) is 0 Å². The second-order valence-corrected chi connectivity index (χ2v) is 8.37. The molecule has 0 radical (unpaired) electrons. The van der Waals surface area contributed by atoms with E-state index >= 15 is 0 Å². The summed E-state index contributed by atoms with van der Waals surface area (Å²) in [6.07, 6.45) is 0.946. The maximum Gasteiger partial charge on any atom is 0.148 e. The third kappa shape index (κ3) is 2.73. The first-order chi connectivity index (χ1) is 14.7. The van der Waals surface area contributed by atoms with Gasteiger partial charge in [-0.3, -0.25) is 0 Å². The fraction of sp³-hybridized carbons (Fsp3) is 0.240. The summed E-state index contributed by atoms with van der Waals surface area (Å²) in [5, 5.41) is 0. The molecule has 1 aliphatic carbocycles. The third-order valence-electron chi connectivity index (χ3n) is 6.47. The zero-order valence-electron chi connectivity index (χ0n) is 17.0. The summed E-state index contributed by atoms with van der Waals surface area (Å²) in [6, 6.07) is 18.4. The van der Waals surface area contributed by atoms with E-state index in [0.29, 0.717) is 5.69 Å². The van der Waals surface area contributed by atoms with E-state index < -0.39 is 0 Å². The van der Waals surface area contributed by atoms with Gasteiger partial charge in [-0.05, 0) is 41.8 Å². The molecule has 0 unspecified atom stereocenters. The fourth-order valence-corrected chi connectivity index (χ4v) is 4.82. The van der Waals surface area contributed by atoms with Gasteiger partial charge in [-0.1, -0.05) is 42.5 Å². The number of halogens is 1. The third-order valence-corrected chi connectivity index (χ3v) is 6.47. The summed E-state index contributed by atoms with van der Waals surface area (Å²) >= 11 is 0. The summed E-state index contributed by atoms with van der Waals surface area (Å²) in [7, 11) is 2.10. The Labute approximate surface area is 175 Å². The lowest BCUT2D eigenvalue weighted by atomic mass is 9.99. The van der Waals surface area contributed by atoms with Crippen molar-refractivity contribution in [3.63, 3.8) is 0 Å². The molecule has 30 heavy (non-hydrogen) atoms. The normalized spacial score (nSPS) is 16.1. The van der Waals surface area contributed by atoms with Crippen molar-refractivity contribution in [3.05, 3.63) is 71.5 Å². The van der Waals surface area contributed by atoms with E-state index in [2.05, 4.69) is 64.3 Å². The molecule has 0 bridgehead atoms. The van der Waals surface area contributed by atoms with E-state index in [9.17, 15) is 4.39 Å². The fourth-order valence-electron chi connectivity index (χ4n) is 4.82. The topological polar surface area (TPSA) is 35.2 Å². The number of fused-ring (bicyclic) bond motifs is 4. The first-order valence-corrected chi connectivity index (χ1v) is 10.5. The number of rotatable bonds is 2. The van der Waals surface area contributed by atoms with Crippen molar-refractivity contribution in [2.24, 2.45) is 0 Å². The highest BCUT2D eigenvalue weighted by Gasteiger charge is 2.24. The minimum atomic E-state index is -0.189. The molecule has 0 saturated carbocycles. The first kappa shape index (κ1) is 17.7. The number of piperazine rings is 1. The Kier molecular flexibility index (Phi) is 3.93. The van der Waals surface area contributed by atoms with Crippen LogP contribution in [0.3, 0.4) is 0 Å². The zero-order valence-corrected chi connectivity index (χ0v) is 17.0. The first-order valence-electron chi connectivity index (χ1n) is 10.5. The molecule has 3 aromatic carbocycles. The van der Waals surface area contributed by atoms with Gasteiger partial charge in [0.05, 0.1) is 16.7 Å². The molecular formula is C25H23FN4. The van der Waals surface area contributed by atoms with Crippen LogP contribution in [0.1, 0.15) is 11.1 Å². The molecule has 0 atom stereocenters. The van der Waals surface area contributed by atoms with Gasteiger partial charge >= 0.3 is 0 Å². The second kappa shape index (κ2) is 6.67. The summed E-state index contributed by atoms with van der Waals surface area (Å²) < 4.78 is 14.9. The summed E-state index contributed by atoms with van der Waals surface area (Å²) in [4.78, 5) is 12.7. The maximum absolute atomic E-state index is 14.9. The molecule has 2 aliphatic rings. The summed E-state index contributed by atoms with van der Waals surface area (Å²) in [5.41, 5.74) is 8.46. The molecule has 4 nitrogen and oxygen atoms in total. The number of anilines is 1. The standard InChI is InChI=1S/C25H23FN4/c1-29-9-11-30(12-10-29)23-15-22-21(14-20(23)26)27-25(28-22)19-8-4-6-17-13-16-5-2-3-7-18(16)24(17)19/h2-8,14-15H,9-13H2,1H3,(H,27,28). The maximum atomic E-state index is 14.9. The Balaban J connectivity index is 1.45. The van der Waals surface area contributed by atoms with Crippen LogP contribution in [-0.4, -0.2) is 48.1 Å². The number of aromatic amines is 1. The van der Waals surface area contributed by atoms with Gasteiger partial charge in [0.1, 0.15) is 11.6 Å². The number of benzene rings is 3. The number of nitrogens with one attached hydrogen (secondary N) is 1. The van der Waals surface area contributed by atoms with Crippen LogP contribution < -0.4 is 4.90 Å². The Hall–Kier alpha value is -3.18. The minimum Gasteiger partial charge on any atom is -0.367 e. The Morgan fingerprint density at radius 2 is 1.67 bits per heavy atom. The molecule has 1 aromatic heterocycles. The van der Waals surface area contributed by atoms with Gasteiger partial charge in [-0.2, -0.15) is 0 Å². The van der Waals surface area contributed by atoms with Crippen LogP contribution in [-0.2, 0) is 6.42 Å². The number of imidazole rings is 1. The van der Waals surface area contributed by atoms with Crippen LogP contribution in [0.4, 0.5) is 10.1 Å². The molecule has 0 spiro atoms. The van der Waals surface area contributed by atoms with E-state index in [1.54, 1.807) is 6.07 Å². The monoisotopic (exact) mass is 398 g/mol. The summed E-state index contributed by atoms with van der Waals surface area (Å²) in [6.45, 7) is 3.55. The van der Waals surface area contributed by atoms with Gasteiger partial charge in [0, 0.05) is 37.8 Å². The van der Waals surface area contributed by atoms with Crippen molar-refractivity contribution in [2.45, 2.75) is 6.42 Å². The van der Waals surface area contributed by atoms with Crippen molar-refractivity contribution >= 4 is 16.7 Å². The number of hydrogen-bond acceptors (Lipinski definition) is 3. The molecular weight excluding hydrogens is 375 g/mol. The Morgan fingerprint density at radius 3 is 2.53 bits per heavy atom. The summed E-state index contributed by atoms with van der Waals surface area (Å²) in [5.74, 6) is 0.611. The van der Waals surface area contributed by atoms with E-state index in [1.807, 2.05) is 6.07 Å². The number of nitrogens with zero attached hydrogens (tertiary/aromatic N) is 3. The van der Waals surface area contributed by atoms with E-state index in [0.717, 1.165) is 55.0 Å². The van der Waals surface area contributed by atoms with Crippen molar-refractivity contribution in [1.29, 1.82) is 0 Å². The van der Waals surface area contributed by atoms with Crippen LogP contribution in [0.25, 0.3) is 33.5 Å². The number of hydrogen-bond donors (Lipinski definition) is 1. The molecule has 6 rings (SSSR count). The molecule has 1 N–H and O–H groups in total. The minimum absolute atomic E-state index is 0.189. The molecule has 5 heteroatoms. The van der Waals surface area contributed by atoms with Crippen molar-refractivity contribution in [1.82, 2.24) is 14.9 Å². The smallest absolute Gasteiger partial charge is 0.148 e. The largest absolute Gasteiger partial charge is 0.367 e. The van der Waals surface area contributed by atoms with Crippen LogP contribution in [0, 0.1) is 5.82 Å². The Bertz CT molecular complexity index is 1270. The number of aromatic nitrogens is 2.